The summed E-state index contributed by atoms with van der Waals surface area (Å²) in [4.78, 5) is 23.8. The largest absolute Gasteiger partial charge is 0.416 e. The molecule has 2 aromatic carbocycles. The maximum absolute atomic E-state index is 12.5. The van der Waals surface area contributed by atoms with Crippen LogP contribution >= 0.6 is 0 Å². The van der Waals surface area contributed by atoms with E-state index in [1.807, 2.05) is 0 Å². The number of amides is 2. The van der Waals surface area contributed by atoms with E-state index in [4.69, 9.17) is 0 Å². The normalized spacial score (nSPS) is 14.0. The van der Waals surface area contributed by atoms with Gasteiger partial charge in [-0.3, -0.25) is 9.59 Å². The Morgan fingerprint density at radius 2 is 1.58 bits per heavy atom. The molecule has 4 nitrogen and oxygen atoms in total. The van der Waals surface area contributed by atoms with Gasteiger partial charge in [0.25, 0.3) is 5.91 Å². The standard InChI is InChI=1S/C19H17F3N2O2/c20-19(21,22)15-7-9-16(10-8-15)24-18(26)14-3-1-12(2-4-14)11-23-17(25)13-5-6-13/h1-4,7-10,13H,5-6,11H2,(H,23,25)(H,24,26). The molecule has 1 fully saturated rings. The number of nitrogens with one attached hydrogen (secondary N) is 2. The van der Waals surface area contributed by atoms with Gasteiger partial charge in [0.15, 0.2) is 0 Å². The molecule has 0 radical (unpaired) electrons. The number of rotatable bonds is 5. The molecule has 2 amide bonds. The van der Waals surface area contributed by atoms with Crippen LogP contribution in [-0.4, -0.2) is 11.8 Å². The van der Waals surface area contributed by atoms with Crippen molar-refractivity contribution in [3.63, 3.8) is 0 Å². The fraction of sp³-hybridized carbons (Fsp3) is 0.263. The maximum Gasteiger partial charge on any atom is 0.416 e. The third kappa shape index (κ3) is 4.62. The van der Waals surface area contributed by atoms with Crippen LogP contribution in [0.15, 0.2) is 48.5 Å². The Balaban J connectivity index is 1.56. The molecule has 0 aliphatic heterocycles. The van der Waals surface area contributed by atoms with E-state index < -0.39 is 17.6 Å². The zero-order valence-electron chi connectivity index (χ0n) is 13.8. The molecule has 1 aliphatic rings. The van der Waals surface area contributed by atoms with E-state index in [0.29, 0.717) is 12.1 Å². The number of alkyl halides is 3. The summed E-state index contributed by atoms with van der Waals surface area (Å²) in [5.41, 5.74) is 0.754. The summed E-state index contributed by atoms with van der Waals surface area (Å²) in [6.45, 7) is 0.399. The van der Waals surface area contributed by atoms with Crippen molar-refractivity contribution in [1.29, 1.82) is 0 Å². The lowest BCUT2D eigenvalue weighted by atomic mass is 10.1. The highest BCUT2D eigenvalue weighted by Gasteiger charge is 2.30. The van der Waals surface area contributed by atoms with Crippen LogP contribution < -0.4 is 10.6 Å². The SMILES string of the molecule is O=C(Nc1ccc(C(F)(F)F)cc1)c1ccc(CNC(=O)C2CC2)cc1. The lowest BCUT2D eigenvalue weighted by molar-refractivity contribution is -0.137. The molecular formula is C19H17F3N2O2. The summed E-state index contributed by atoms with van der Waals surface area (Å²) in [5, 5.41) is 5.39. The Labute approximate surface area is 148 Å². The van der Waals surface area contributed by atoms with Gasteiger partial charge in [0.2, 0.25) is 5.91 Å². The monoisotopic (exact) mass is 362 g/mol. The van der Waals surface area contributed by atoms with E-state index in [1.54, 1.807) is 24.3 Å². The molecular weight excluding hydrogens is 345 g/mol. The van der Waals surface area contributed by atoms with Crippen molar-refractivity contribution in [2.24, 2.45) is 5.92 Å². The number of halogens is 3. The molecule has 1 aliphatic carbocycles. The Bertz CT molecular complexity index is 795. The van der Waals surface area contributed by atoms with Crippen LogP contribution in [0.1, 0.15) is 34.3 Å². The van der Waals surface area contributed by atoms with Crippen molar-refractivity contribution in [3.05, 3.63) is 65.2 Å². The zero-order valence-corrected chi connectivity index (χ0v) is 13.8. The highest BCUT2D eigenvalue weighted by Crippen LogP contribution is 2.30. The first-order valence-corrected chi connectivity index (χ1v) is 8.18. The highest BCUT2D eigenvalue weighted by molar-refractivity contribution is 6.04. The van der Waals surface area contributed by atoms with E-state index >= 15 is 0 Å². The molecule has 136 valence electrons. The van der Waals surface area contributed by atoms with Crippen LogP contribution in [0.25, 0.3) is 0 Å². The number of benzene rings is 2. The summed E-state index contributed by atoms with van der Waals surface area (Å²) in [7, 11) is 0. The van der Waals surface area contributed by atoms with Gasteiger partial charge in [0.05, 0.1) is 5.56 Å². The minimum Gasteiger partial charge on any atom is -0.352 e. The minimum absolute atomic E-state index is 0.0501. The van der Waals surface area contributed by atoms with E-state index in [9.17, 15) is 22.8 Å². The van der Waals surface area contributed by atoms with Gasteiger partial charge in [-0.2, -0.15) is 13.2 Å². The van der Waals surface area contributed by atoms with E-state index in [0.717, 1.165) is 30.5 Å². The quantitative estimate of drug-likeness (QED) is 0.845. The Morgan fingerprint density at radius 1 is 0.962 bits per heavy atom. The fourth-order valence-corrected chi connectivity index (χ4v) is 2.40. The first-order valence-electron chi connectivity index (χ1n) is 8.18. The smallest absolute Gasteiger partial charge is 0.352 e. The predicted molar refractivity (Wildman–Crippen MR) is 90.4 cm³/mol. The zero-order chi connectivity index (χ0) is 18.7. The minimum atomic E-state index is -4.41. The third-order valence-electron chi connectivity index (χ3n) is 4.10. The van der Waals surface area contributed by atoms with Crippen LogP contribution in [0.3, 0.4) is 0 Å². The molecule has 2 N–H and O–H groups in total. The first-order chi connectivity index (χ1) is 12.3. The van der Waals surface area contributed by atoms with Gasteiger partial charge >= 0.3 is 6.18 Å². The molecule has 26 heavy (non-hydrogen) atoms. The van der Waals surface area contributed by atoms with Gasteiger partial charge < -0.3 is 10.6 Å². The fourth-order valence-electron chi connectivity index (χ4n) is 2.40. The van der Waals surface area contributed by atoms with Gasteiger partial charge in [-0.05, 0) is 54.8 Å². The molecule has 2 aromatic rings. The van der Waals surface area contributed by atoms with Crippen molar-refractivity contribution >= 4 is 17.5 Å². The molecule has 0 saturated heterocycles. The van der Waals surface area contributed by atoms with Crippen molar-refractivity contribution in [2.75, 3.05) is 5.32 Å². The average Bonchev–Trinajstić information content (AvgIpc) is 3.45. The number of hydrogen-bond acceptors (Lipinski definition) is 2. The van der Waals surface area contributed by atoms with Gasteiger partial charge in [-0.15, -0.1) is 0 Å². The van der Waals surface area contributed by atoms with Gasteiger partial charge in [0, 0.05) is 23.7 Å². The molecule has 0 atom stereocenters. The van der Waals surface area contributed by atoms with Crippen molar-refractivity contribution in [2.45, 2.75) is 25.6 Å². The second kappa shape index (κ2) is 7.19. The van der Waals surface area contributed by atoms with E-state index in [1.165, 1.54) is 12.1 Å². The molecule has 7 heteroatoms. The molecule has 0 bridgehead atoms. The Morgan fingerprint density at radius 3 is 2.12 bits per heavy atom. The van der Waals surface area contributed by atoms with Crippen LogP contribution in [0, 0.1) is 5.92 Å². The molecule has 0 heterocycles. The van der Waals surface area contributed by atoms with E-state index in [-0.39, 0.29) is 17.5 Å². The van der Waals surface area contributed by atoms with Crippen LogP contribution in [0.4, 0.5) is 18.9 Å². The van der Waals surface area contributed by atoms with Gasteiger partial charge in [-0.1, -0.05) is 12.1 Å². The van der Waals surface area contributed by atoms with Crippen LogP contribution in [0.2, 0.25) is 0 Å². The lowest BCUT2D eigenvalue weighted by Crippen LogP contribution is -2.24. The summed E-state index contributed by atoms with van der Waals surface area (Å²) in [5.74, 6) is -0.226. The summed E-state index contributed by atoms with van der Waals surface area (Å²) in [6.07, 6.45) is -2.53. The molecule has 3 rings (SSSR count). The summed E-state index contributed by atoms with van der Waals surface area (Å²) in [6, 6.07) is 10.9. The number of hydrogen-bond donors (Lipinski definition) is 2. The maximum atomic E-state index is 12.5. The lowest BCUT2D eigenvalue weighted by Gasteiger charge is -2.09. The number of anilines is 1. The second-order valence-electron chi connectivity index (χ2n) is 6.22. The predicted octanol–water partition coefficient (Wildman–Crippen LogP) is 3.98. The van der Waals surface area contributed by atoms with Crippen molar-refractivity contribution in [3.8, 4) is 0 Å². The van der Waals surface area contributed by atoms with Crippen molar-refractivity contribution < 1.29 is 22.8 Å². The third-order valence-corrected chi connectivity index (χ3v) is 4.10. The van der Waals surface area contributed by atoms with Crippen LogP contribution in [0.5, 0.6) is 0 Å². The van der Waals surface area contributed by atoms with Gasteiger partial charge in [-0.25, -0.2) is 0 Å². The highest BCUT2D eigenvalue weighted by atomic mass is 19.4. The van der Waals surface area contributed by atoms with Gasteiger partial charge in [0.1, 0.15) is 0 Å². The summed E-state index contributed by atoms with van der Waals surface area (Å²) < 4.78 is 37.6. The summed E-state index contributed by atoms with van der Waals surface area (Å²) >= 11 is 0. The Kier molecular flexibility index (Phi) is 4.97. The average molecular weight is 362 g/mol. The molecule has 0 aromatic heterocycles. The first kappa shape index (κ1) is 18.0. The second-order valence-corrected chi connectivity index (χ2v) is 6.22. The number of carbonyl (C=O) groups excluding carboxylic acids is 2. The topological polar surface area (TPSA) is 58.2 Å². The van der Waals surface area contributed by atoms with Crippen LogP contribution in [-0.2, 0) is 17.5 Å². The van der Waals surface area contributed by atoms with Crippen molar-refractivity contribution in [1.82, 2.24) is 5.32 Å². The number of carbonyl (C=O) groups is 2. The molecule has 0 spiro atoms. The van der Waals surface area contributed by atoms with E-state index in [2.05, 4.69) is 10.6 Å². The molecule has 0 unspecified atom stereocenters. The molecule has 1 saturated carbocycles. The Hall–Kier alpha value is -2.83.